The minimum Gasteiger partial charge on any atom is -0.506 e. The van der Waals surface area contributed by atoms with Crippen LogP contribution in [0.4, 0.5) is 5.69 Å². The molecule has 2 aliphatic rings. The van der Waals surface area contributed by atoms with Gasteiger partial charge in [0.2, 0.25) is 0 Å². The number of pyridine rings is 1. The first-order valence-corrected chi connectivity index (χ1v) is 10.1. The predicted octanol–water partition coefficient (Wildman–Crippen LogP) is 3.38. The highest BCUT2D eigenvalue weighted by Crippen LogP contribution is 2.41. The summed E-state index contributed by atoms with van der Waals surface area (Å²) in [5.74, 6) is -1.91. The monoisotopic (exact) mass is 407 g/mol. The van der Waals surface area contributed by atoms with Gasteiger partial charge in [-0.2, -0.15) is 0 Å². The SMILES string of the molecule is C=NC12CCCC=C1CN(c1ccc(-c3[nH]c(=O)c(C(=O)O)c(O)c3CC)cc1)C2. The van der Waals surface area contributed by atoms with E-state index in [9.17, 15) is 19.8 Å². The Hall–Kier alpha value is -3.35. The maximum Gasteiger partial charge on any atom is 0.345 e. The molecule has 30 heavy (non-hydrogen) atoms. The minimum absolute atomic E-state index is 0.185. The van der Waals surface area contributed by atoms with Gasteiger partial charge < -0.3 is 20.1 Å². The molecule has 1 unspecified atom stereocenters. The molecular weight excluding hydrogens is 382 g/mol. The predicted molar refractivity (Wildman–Crippen MR) is 117 cm³/mol. The number of aromatic carboxylic acids is 1. The Balaban J connectivity index is 1.68. The smallest absolute Gasteiger partial charge is 0.345 e. The van der Waals surface area contributed by atoms with E-state index in [2.05, 4.69) is 27.7 Å². The van der Waals surface area contributed by atoms with Gasteiger partial charge in [-0.25, -0.2) is 4.79 Å². The lowest BCUT2D eigenvalue weighted by Crippen LogP contribution is -2.33. The first-order valence-electron chi connectivity index (χ1n) is 10.1. The fraction of sp³-hybridized carbons (Fsp3) is 0.348. The second-order valence-electron chi connectivity index (χ2n) is 7.90. The van der Waals surface area contributed by atoms with Gasteiger partial charge in [0.25, 0.3) is 5.56 Å². The first-order chi connectivity index (χ1) is 14.4. The average Bonchev–Trinajstić information content (AvgIpc) is 3.13. The fourth-order valence-electron chi connectivity index (χ4n) is 4.66. The fourth-order valence-corrected chi connectivity index (χ4v) is 4.66. The molecule has 7 heteroatoms. The van der Waals surface area contributed by atoms with Crippen LogP contribution in [-0.4, -0.2) is 46.5 Å². The highest BCUT2D eigenvalue weighted by atomic mass is 16.4. The number of carboxylic acid groups (broad SMARTS) is 1. The third-order valence-corrected chi connectivity index (χ3v) is 6.28. The molecule has 2 aromatic rings. The Morgan fingerprint density at radius 2 is 2.07 bits per heavy atom. The van der Waals surface area contributed by atoms with Crippen molar-refractivity contribution < 1.29 is 15.0 Å². The second-order valence-corrected chi connectivity index (χ2v) is 7.90. The van der Waals surface area contributed by atoms with Gasteiger partial charge in [-0.1, -0.05) is 25.1 Å². The molecular formula is C23H25N3O4. The lowest BCUT2D eigenvalue weighted by molar-refractivity contribution is 0.0691. The Morgan fingerprint density at radius 1 is 1.33 bits per heavy atom. The molecule has 4 rings (SSSR count). The topological polar surface area (TPSA) is 106 Å². The summed E-state index contributed by atoms with van der Waals surface area (Å²) in [6.07, 6.45) is 5.90. The molecule has 2 heterocycles. The lowest BCUT2D eigenvalue weighted by atomic mass is 9.83. The number of carboxylic acids is 1. The number of fused-ring (bicyclic) bond motifs is 1. The number of hydrogen-bond acceptors (Lipinski definition) is 5. The van der Waals surface area contributed by atoms with Crippen molar-refractivity contribution in [3.63, 3.8) is 0 Å². The summed E-state index contributed by atoms with van der Waals surface area (Å²) in [5, 5.41) is 19.6. The first kappa shape index (κ1) is 19.9. The minimum atomic E-state index is -1.44. The van der Waals surface area contributed by atoms with Gasteiger partial charge >= 0.3 is 5.97 Å². The summed E-state index contributed by atoms with van der Waals surface area (Å²) >= 11 is 0. The number of benzene rings is 1. The number of aromatic hydroxyl groups is 1. The molecule has 7 nitrogen and oxygen atoms in total. The summed E-state index contributed by atoms with van der Waals surface area (Å²) in [5.41, 5.74) is 2.32. The van der Waals surface area contributed by atoms with Crippen LogP contribution in [0.3, 0.4) is 0 Å². The van der Waals surface area contributed by atoms with Crippen molar-refractivity contribution >= 4 is 18.4 Å². The quantitative estimate of drug-likeness (QED) is 0.520. The van der Waals surface area contributed by atoms with E-state index >= 15 is 0 Å². The van der Waals surface area contributed by atoms with E-state index in [1.54, 1.807) is 6.92 Å². The Labute approximate surface area is 174 Å². The van der Waals surface area contributed by atoms with Crippen LogP contribution in [-0.2, 0) is 6.42 Å². The number of aliphatic imine (C=N–C) groups is 1. The number of aromatic nitrogens is 1. The Bertz CT molecular complexity index is 1100. The van der Waals surface area contributed by atoms with E-state index < -0.39 is 22.8 Å². The molecule has 1 aromatic heterocycles. The molecule has 1 aliphatic heterocycles. The highest BCUT2D eigenvalue weighted by Gasteiger charge is 2.42. The molecule has 0 spiro atoms. The van der Waals surface area contributed by atoms with Gasteiger partial charge in [-0.15, -0.1) is 0 Å². The molecule has 0 saturated carbocycles. The number of nitrogens with zero attached hydrogens (tertiary/aromatic N) is 2. The molecule has 1 saturated heterocycles. The largest absolute Gasteiger partial charge is 0.506 e. The van der Waals surface area contributed by atoms with Crippen molar-refractivity contribution in [3.8, 4) is 17.0 Å². The van der Waals surface area contributed by atoms with E-state index in [-0.39, 0.29) is 5.54 Å². The molecule has 156 valence electrons. The van der Waals surface area contributed by atoms with E-state index in [0.29, 0.717) is 23.2 Å². The van der Waals surface area contributed by atoms with Gasteiger partial charge in [-0.3, -0.25) is 9.79 Å². The highest BCUT2D eigenvalue weighted by molar-refractivity contribution is 5.92. The number of rotatable bonds is 5. The third-order valence-electron chi connectivity index (χ3n) is 6.28. The lowest BCUT2D eigenvalue weighted by Gasteiger charge is -2.29. The number of anilines is 1. The van der Waals surface area contributed by atoms with Crippen LogP contribution in [0.1, 0.15) is 42.1 Å². The van der Waals surface area contributed by atoms with Crippen molar-refractivity contribution in [3.05, 3.63) is 57.4 Å². The molecule has 1 aliphatic carbocycles. The second kappa shape index (κ2) is 7.48. The Kier molecular flexibility index (Phi) is 4.97. The summed E-state index contributed by atoms with van der Waals surface area (Å²) in [6.45, 7) is 7.26. The van der Waals surface area contributed by atoms with Gasteiger partial charge in [0.15, 0.2) is 5.56 Å². The van der Waals surface area contributed by atoms with Gasteiger partial charge in [0.1, 0.15) is 11.3 Å². The summed E-state index contributed by atoms with van der Waals surface area (Å²) in [4.78, 5) is 32.9. The molecule has 3 N–H and O–H groups in total. The van der Waals surface area contributed by atoms with Crippen molar-refractivity contribution in [2.75, 3.05) is 18.0 Å². The van der Waals surface area contributed by atoms with Crippen molar-refractivity contribution in [2.24, 2.45) is 4.99 Å². The van der Waals surface area contributed by atoms with Crippen LogP contribution < -0.4 is 10.5 Å². The van der Waals surface area contributed by atoms with Gasteiger partial charge in [0, 0.05) is 24.3 Å². The number of carbonyl (C=O) groups is 1. The van der Waals surface area contributed by atoms with E-state index in [1.165, 1.54) is 5.57 Å². The zero-order valence-corrected chi connectivity index (χ0v) is 16.9. The molecule has 0 amide bonds. The molecule has 0 bridgehead atoms. The van der Waals surface area contributed by atoms with Crippen LogP contribution >= 0.6 is 0 Å². The van der Waals surface area contributed by atoms with Crippen LogP contribution in [0.2, 0.25) is 0 Å². The number of hydrogen-bond donors (Lipinski definition) is 3. The third kappa shape index (κ3) is 3.10. The zero-order valence-electron chi connectivity index (χ0n) is 16.9. The standard InChI is InChI=1S/C23H25N3O4/c1-3-17-19(25-21(28)18(20(17)27)22(29)30)14-7-9-16(10-8-14)26-12-15-6-4-5-11-23(15,13-26)24-2/h6-10H,2-5,11-13H2,1H3,(H,29,30)(H2,25,27,28). The summed E-state index contributed by atoms with van der Waals surface area (Å²) < 4.78 is 0. The summed E-state index contributed by atoms with van der Waals surface area (Å²) in [6, 6.07) is 7.71. The van der Waals surface area contributed by atoms with Gasteiger partial charge in [-0.05, 0) is 55.7 Å². The Morgan fingerprint density at radius 3 is 2.67 bits per heavy atom. The maximum absolute atomic E-state index is 12.2. The maximum atomic E-state index is 12.2. The van der Waals surface area contributed by atoms with Crippen LogP contribution in [0.5, 0.6) is 5.75 Å². The number of nitrogens with one attached hydrogen (secondary N) is 1. The van der Waals surface area contributed by atoms with Gasteiger partial charge in [0.05, 0.1) is 5.69 Å². The van der Waals surface area contributed by atoms with E-state index in [4.69, 9.17) is 0 Å². The molecule has 0 radical (unpaired) electrons. The summed E-state index contributed by atoms with van der Waals surface area (Å²) in [7, 11) is 0. The van der Waals surface area contributed by atoms with Crippen LogP contribution in [0.15, 0.2) is 45.7 Å². The van der Waals surface area contributed by atoms with Crippen LogP contribution in [0.25, 0.3) is 11.3 Å². The van der Waals surface area contributed by atoms with Crippen molar-refractivity contribution in [1.29, 1.82) is 0 Å². The number of allylic oxidation sites excluding steroid dienone is 1. The number of aromatic amines is 1. The van der Waals surface area contributed by atoms with E-state index in [1.807, 2.05) is 24.3 Å². The van der Waals surface area contributed by atoms with Crippen molar-refractivity contribution in [2.45, 2.75) is 38.1 Å². The molecule has 1 fully saturated rings. The number of H-pyrrole nitrogens is 1. The van der Waals surface area contributed by atoms with Crippen LogP contribution in [0, 0.1) is 0 Å². The van der Waals surface area contributed by atoms with E-state index in [0.717, 1.165) is 38.0 Å². The zero-order chi connectivity index (χ0) is 21.5. The molecule has 1 atom stereocenters. The average molecular weight is 407 g/mol. The normalized spacial score (nSPS) is 20.6. The van der Waals surface area contributed by atoms with Crippen molar-refractivity contribution in [1.82, 2.24) is 4.98 Å². The molecule has 1 aromatic carbocycles.